The summed E-state index contributed by atoms with van der Waals surface area (Å²) >= 11 is 0. The van der Waals surface area contributed by atoms with Crippen molar-refractivity contribution in [2.45, 2.75) is 0 Å². The van der Waals surface area contributed by atoms with Gasteiger partial charge in [-0.3, -0.25) is 0 Å². The summed E-state index contributed by atoms with van der Waals surface area (Å²) < 4.78 is 6.27. The Bertz CT molecular complexity index is 3150. The van der Waals surface area contributed by atoms with Gasteiger partial charge in [0.05, 0.1) is 0 Å². The molecular formula is C52H32O. The first-order valence-electron chi connectivity index (χ1n) is 18.3. The lowest BCUT2D eigenvalue weighted by Crippen LogP contribution is -1.97. The molecule has 0 saturated heterocycles. The number of rotatable bonds is 4. The van der Waals surface area contributed by atoms with Crippen molar-refractivity contribution in [3.8, 4) is 44.5 Å². The van der Waals surface area contributed by atoms with Crippen molar-refractivity contribution in [2.24, 2.45) is 0 Å². The number of para-hydroxylation sites is 1. The SMILES string of the molecule is c1ccc(-c2cc3ccc4ccccc4c3c(-c3ccccc3)c2-c2c3ccccc3c(-c3ccc4oc5ccccc5c4c3)c3ccccc23)cc1. The van der Waals surface area contributed by atoms with E-state index in [1.54, 1.807) is 0 Å². The number of benzene rings is 10. The summed E-state index contributed by atoms with van der Waals surface area (Å²) in [5, 5.41) is 12.2. The highest BCUT2D eigenvalue weighted by Gasteiger charge is 2.25. The van der Waals surface area contributed by atoms with Crippen LogP contribution >= 0.6 is 0 Å². The van der Waals surface area contributed by atoms with E-state index in [-0.39, 0.29) is 0 Å². The van der Waals surface area contributed by atoms with Gasteiger partial charge >= 0.3 is 0 Å². The third kappa shape index (κ3) is 4.58. The van der Waals surface area contributed by atoms with E-state index >= 15 is 0 Å². The molecule has 1 aromatic heterocycles. The summed E-state index contributed by atoms with van der Waals surface area (Å²) in [7, 11) is 0. The molecule has 1 nitrogen and oxygen atoms in total. The number of furan rings is 1. The highest BCUT2D eigenvalue weighted by atomic mass is 16.3. The molecule has 1 heteroatoms. The van der Waals surface area contributed by atoms with Crippen molar-refractivity contribution in [1.29, 1.82) is 0 Å². The Morgan fingerprint density at radius 2 is 0.792 bits per heavy atom. The minimum Gasteiger partial charge on any atom is -0.456 e. The minimum absolute atomic E-state index is 0.906. The number of hydrogen-bond acceptors (Lipinski definition) is 1. The second-order valence-corrected chi connectivity index (χ2v) is 13.9. The van der Waals surface area contributed by atoms with E-state index in [1.165, 1.54) is 87.6 Å². The molecule has 0 bridgehead atoms. The Hall–Kier alpha value is -6.96. The zero-order chi connectivity index (χ0) is 34.9. The highest BCUT2D eigenvalue weighted by molar-refractivity contribution is 6.28. The molecule has 0 unspecified atom stereocenters. The first-order chi connectivity index (χ1) is 26.3. The second kappa shape index (κ2) is 11.8. The van der Waals surface area contributed by atoms with Crippen LogP contribution < -0.4 is 0 Å². The van der Waals surface area contributed by atoms with E-state index in [2.05, 4.69) is 188 Å². The van der Waals surface area contributed by atoms with Gasteiger partial charge in [-0.2, -0.15) is 0 Å². The van der Waals surface area contributed by atoms with Crippen LogP contribution in [0.25, 0.3) is 110 Å². The van der Waals surface area contributed by atoms with Crippen LogP contribution in [0.3, 0.4) is 0 Å². The largest absolute Gasteiger partial charge is 0.456 e. The molecule has 0 N–H and O–H groups in total. The van der Waals surface area contributed by atoms with Crippen molar-refractivity contribution in [2.75, 3.05) is 0 Å². The summed E-state index contributed by atoms with van der Waals surface area (Å²) in [4.78, 5) is 0. The Morgan fingerprint density at radius 3 is 1.49 bits per heavy atom. The van der Waals surface area contributed by atoms with Crippen LogP contribution in [0.15, 0.2) is 199 Å². The van der Waals surface area contributed by atoms with Gasteiger partial charge in [-0.25, -0.2) is 0 Å². The van der Waals surface area contributed by atoms with Crippen LogP contribution in [0, 0.1) is 0 Å². The van der Waals surface area contributed by atoms with Gasteiger partial charge in [0.15, 0.2) is 0 Å². The fourth-order valence-electron chi connectivity index (χ4n) is 8.76. The first kappa shape index (κ1) is 29.7. The fraction of sp³-hybridized carbons (Fsp3) is 0. The molecule has 11 rings (SSSR count). The van der Waals surface area contributed by atoms with E-state index in [9.17, 15) is 0 Å². The molecule has 0 spiro atoms. The van der Waals surface area contributed by atoms with Gasteiger partial charge < -0.3 is 4.42 Å². The molecule has 246 valence electrons. The van der Waals surface area contributed by atoms with E-state index < -0.39 is 0 Å². The third-order valence-corrected chi connectivity index (χ3v) is 11.0. The highest BCUT2D eigenvalue weighted by Crippen LogP contribution is 2.52. The number of hydrogen-bond donors (Lipinski definition) is 0. The van der Waals surface area contributed by atoms with Gasteiger partial charge in [-0.15, -0.1) is 0 Å². The number of fused-ring (bicyclic) bond motifs is 8. The molecule has 1 heterocycles. The maximum Gasteiger partial charge on any atom is 0.135 e. The minimum atomic E-state index is 0.906. The Kier molecular flexibility index (Phi) is 6.62. The maximum absolute atomic E-state index is 6.27. The predicted octanol–water partition coefficient (Wildman–Crippen LogP) is 14.9. The van der Waals surface area contributed by atoms with Crippen molar-refractivity contribution in [3.05, 3.63) is 194 Å². The average Bonchev–Trinajstić information content (AvgIpc) is 3.61. The summed E-state index contributed by atoms with van der Waals surface area (Å²) in [6.45, 7) is 0. The molecule has 0 aliphatic rings. The summed E-state index contributed by atoms with van der Waals surface area (Å²) in [6.07, 6.45) is 0. The molecule has 0 radical (unpaired) electrons. The quantitative estimate of drug-likeness (QED) is 0.134. The molecule has 53 heavy (non-hydrogen) atoms. The lowest BCUT2D eigenvalue weighted by atomic mass is 9.78. The van der Waals surface area contributed by atoms with Gasteiger partial charge in [-0.1, -0.05) is 170 Å². The van der Waals surface area contributed by atoms with Crippen LogP contribution in [0.2, 0.25) is 0 Å². The lowest BCUT2D eigenvalue weighted by molar-refractivity contribution is 0.669. The van der Waals surface area contributed by atoms with E-state index in [1.807, 2.05) is 6.07 Å². The molecule has 10 aromatic carbocycles. The average molecular weight is 673 g/mol. The van der Waals surface area contributed by atoms with Crippen molar-refractivity contribution in [3.63, 3.8) is 0 Å². The smallest absolute Gasteiger partial charge is 0.135 e. The Labute approximate surface area is 307 Å². The van der Waals surface area contributed by atoms with Gasteiger partial charge in [0.25, 0.3) is 0 Å². The molecule has 0 atom stereocenters. The standard InChI is InChI=1S/C52H32O/c1-3-15-33(16-4-1)44-31-37-28-27-34-17-7-8-20-38(34)49(37)50(35-18-5-2-6-19-35)52(44)51-42-24-11-9-22-40(42)48(41-23-10-12-25-43(41)51)36-29-30-47-45(32-36)39-21-13-14-26-46(39)53-47/h1-32H. The molecule has 0 saturated carbocycles. The fourth-order valence-corrected chi connectivity index (χ4v) is 8.76. The topological polar surface area (TPSA) is 13.1 Å². The van der Waals surface area contributed by atoms with Crippen molar-refractivity contribution in [1.82, 2.24) is 0 Å². The van der Waals surface area contributed by atoms with E-state index in [0.717, 1.165) is 21.9 Å². The zero-order valence-electron chi connectivity index (χ0n) is 28.9. The predicted molar refractivity (Wildman–Crippen MR) is 225 cm³/mol. The summed E-state index contributed by atoms with van der Waals surface area (Å²) in [5.41, 5.74) is 11.6. The molecule has 0 amide bonds. The van der Waals surface area contributed by atoms with Crippen LogP contribution in [0.5, 0.6) is 0 Å². The van der Waals surface area contributed by atoms with Crippen LogP contribution in [-0.4, -0.2) is 0 Å². The maximum atomic E-state index is 6.27. The summed E-state index contributed by atoms with van der Waals surface area (Å²) in [5.74, 6) is 0. The van der Waals surface area contributed by atoms with Crippen LogP contribution in [0.4, 0.5) is 0 Å². The molecule has 0 fully saturated rings. The molecule has 0 aliphatic heterocycles. The van der Waals surface area contributed by atoms with Gasteiger partial charge in [0, 0.05) is 10.8 Å². The molecule has 11 aromatic rings. The van der Waals surface area contributed by atoms with Gasteiger partial charge in [0.2, 0.25) is 0 Å². The Balaban J connectivity index is 1.35. The monoisotopic (exact) mass is 672 g/mol. The normalized spacial score (nSPS) is 11.8. The van der Waals surface area contributed by atoms with Gasteiger partial charge in [-0.05, 0) is 112 Å². The molecule has 0 aliphatic carbocycles. The second-order valence-electron chi connectivity index (χ2n) is 13.9. The van der Waals surface area contributed by atoms with Crippen LogP contribution in [-0.2, 0) is 0 Å². The van der Waals surface area contributed by atoms with E-state index in [0.29, 0.717) is 0 Å². The molecular weight excluding hydrogens is 641 g/mol. The summed E-state index contributed by atoms with van der Waals surface area (Å²) in [6, 6.07) is 70.8. The first-order valence-corrected chi connectivity index (χ1v) is 18.3. The van der Waals surface area contributed by atoms with Crippen LogP contribution in [0.1, 0.15) is 0 Å². The van der Waals surface area contributed by atoms with Crippen molar-refractivity contribution >= 4 is 65.0 Å². The van der Waals surface area contributed by atoms with Crippen molar-refractivity contribution < 1.29 is 4.42 Å². The zero-order valence-corrected chi connectivity index (χ0v) is 28.9. The van der Waals surface area contributed by atoms with Gasteiger partial charge in [0.1, 0.15) is 11.2 Å². The van der Waals surface area contributed by atoms with E-state index in [4.69, 9.17) is 4.42 Å². The lowest BCUT2D eigenvalue weighted by Gasteiger charge is -2.24. The third-order valence-electron chi connectivity index (χ3n) is 11.0. The Morgan fingerprint density at radius 1 is 0.264 bits per heavy atom.